The van der Waals surface area contributed by atoms with Gasteiger partial charge < -0.3 is 33.6 Å². The van der Waals surface area contributed by atoms with Gasteiger partial charge in [-0.05, 0) is 31.3 Å². The fourth-order valence-electron chi connectivity index (χ4n) is 5.04. The maximum Gasteiger partial charge on any atom is 0.306 e. The summed E-state index contributed by atoms with van der Waals surface area (Å²) in [5.74, 6) is -1.67. The SMILES string of the molecule is C=P(OCCO)(OCCC#N)OC[C@@H]1CC(OC(=O)CCC(=O)NC)CN1C(=O)CCCCCN1C(=O)c2ccccc2C1=O. The highest BCUT2D eigenvalue weighted by Crippen LogP contribution is 2.49. The smallest absolute Gasteiger partial charge is 0.306 e. The van der Waals surface area contributed by atoms with Gasteiger partial charge in [0.1, 0.15) is 6.10 Å². The lowest BCUT2D eigenvalue weighted by atomic mass is 10.1. The number of carbonyl (C=O) groups is 5. The van der Waals surface area contributed by atoms with Crippen molar-refractivity contribution in [3.05, 3.63) is 35.4 Å². The summed E-state index contributed by atoms with van der Waals surface area (Å²) in [5.41, 5.74) is 0.796. The highest BCUT2D eigenvalue weighted by molar-refractivity contribution is 7.59. The summed E-state index contributed by atoms with van der Waals surface area (Å²) in [6.45, 7) is -0.0423. The molecule has 1 saturated heterocycles. The average Bonchev–Trinajstić information content (AvgIpc) is 3.55. The van der Waals surface area contributed by atoms with E-state index >= 15 is 0 Å². The monoisotopic (exact) mass is 648 g/mol. The number of carbonyl (C=O) groups excluding carboxylic acids is 5. The Hall–Kier alpha value is -3.60. The van der Waals surface area contributed by atoms with E-state index in [-0.39, 0.29) is 95.2 Å². The second kappa shape index (κ2) is 17.8. The van der Waals surface area contributed by atoms with Gasteiger partial charge in [-0.15, -0.1) is 0 Å². The molecule has 2 aliphatic rings. The predicted octanol–water partition coefficient (Wildman–Crippen LogP) is 2.03. The molecule has 2 heterocycles. The molecule has 2 unspecified atom stereocenters. The van der Waals surface area contributed by atoms with Crippen LogP contribution in [0.4, 0.5) is 0 Å². The van der Waals surface area contributed by atoms with Gasteiger partial charge in [-0.1, -0.05) is 18.6 Å². The number of fused-ring (bicyclic) bond motifs is 1. The number of nitrogens with one attached hydrogen (secondary N) is 1. The second-order valence-corrected chi connectivity index (χ2v) is 12.5. The van der Waals surface area contributed by atoms with Crippen molar-refractivity contribution in [3.63, 3.8) is 0 Å². The van der Waals surface area contributed by atoms with Crippen molar-refractivity contribution >= 4 is 43.5 Å². The normalized spacial score (nSPS) is 18.8. The number of hydrogen-bond acceptors (Lipinski definition) is 11. The van der Waals surface area contributed by atoms with Crippen LogP contribution in [-0.4, -0.2) is 110 Å². The summed E-state index contributed by atoms with van der Waals surface area (Å²) in [6, 6.07) is 8.15. The third-order valence-electron chi connectivity index (χ3n) is 7.32. The summed E-state index contributed by atoms with van der Waals surface area (Å²) in [4.78, 5) is 65.2. The Morgan fingerprint density at radius 1 is 1.04 bits per heavy atom. The molecule has 0 bridgehead atoms. The van der Waals surface area contributed by atoms with Crippen molar-refractivity contribution in [2.24, 2.45) is 0 Å². The zero-order valence-electron chi connectivity index (χ0n) is 25.5. The molecule has 2 aliphatic heterocycles. The van der Waals surface area contributed by atoms with Crippen LogP contribution < -0.4 is 5.32 Å². The third-order valence-corrected chi connectivity index (χ3v) is 9.02. The second-order valence-electron chi connectivity index (χ2n) is 10.5. The van der Waals surface area contributed by atoms with E-state index in [1.807, 2.05) is 6.07 Å². The molecule has 3 rings (SSSR count). The topological polar surface area (TPSA) is 185 Å². The standard InChI is InChI=1S/C30H41N4O10P/c1-32-26(36)12-13-28(38)44-23-19-22(21-43-45(2,42-18-16-35)41-17-8-14-31)34(20-23)27(37)11-4-3-7-15-33-29(39)24-9-5-6-10-25(24)30(33)40/h5-6,9-10,22-23,35H,2-4,7-8,11-13,15-21H2,1H3,(H,32,36)/t22-,23?,45?/m0/s1. The minimum absolute atomic E-state index is 0.0127. The Bertz CT molecular complexity index is 1280. The van der Waals surface area contributed by atoms with Gasteiger partial charge in [0.05, 0.1) is 69.1 Å². The number of rotatable bonds is 19. The number of amides is 4. The number of benzene rings is 1. The Morgan fingerprint density at radius 3 is 2.38 bits per heavy atom. The van der Waals surface area contributed by atoms with Crippen LogP contribution in [0.5, 0.6) is 0 Å². The maximum absolute atomic E-state index is 13.3. The Labute approximate surface area is 262 Å². The molecule has 0 aliphatic carbocycles. The molecular formula is C30H41N4O10P. The lowest BCUT2D eigenvalue weighted by Crippen LogP contribution is -2.38. The van der Waals surface area contributed by atoms with E-state index < -0.39 is 25.7 Å². The number of esters is 1. The van der Waals surface area contributed by atoms with Gasteiger partial charge in [-0.25, -0.2) is 0 Å². The van der Waals surface area contributed by atoms with E-state index in [0.717, 1.165) is 0 Å². The largest absolute Gasteiger partial charge is 0.460 e. The van der Waals surface area contributed by atoms with Gasteiger partial charge in [0.25, 0.3) is 19.4 Å². The molecule has 15 heteroatoms. The Morgan fingerprint density at radius 2 is 1.73 bits per heavy atom. The first kappa shape index (κ1) is 35.9. The number of aliphatic hydroxyl groups is 1. The maximum atomic E-state index is 13.3. The van der Waals surface area contributed by atoms with Gasteiger partial charge >= 0.3 is 5.97 Å². The van der Waals surface area contributed by atoms with Crippen molar-refractivity contribution in [2.45, 2.75) is 63.5 Å². The highest BCUT2D eigenvalue weighted by atomic mass is 31.2. The van der Waals surface area contributed by atoms with Crippen LogP contribution in [-0.2, 0) is 32.7 Å². The summed E-state index contributed by atoms with van der Waals surface area (Å²) >= 11 is 0. The molecule has 14 nitrogen and oxygen atoms in total. The van der Waals surface area contributed by atoms with Gasteiger partial charge in [-0.3, -0.25) is 28.9 Å². The first-order valence-corrected chi connectivity index (χ1v) is 16.6. The molecule has 0 radical (unpaired) electrons. The molecular weight excluding hydrogens is 607 g/mol. The minimum Gasteiger partial charge on any atom is -0.460 e. The molecule has 2 N–H and O–H groups in total. The molecule has 4 amide bonds. The quantitative estimate of drug-likeness (QED) is 0.0968. The van der Waals surface area contributed by atoms with Crippen LogP contribution in [0.15, 0.2) is 24.3 Å². The molecule has 1 aromatic rings. The van der Waals surface area contributed by atoms with Crippen molar-refractivity contribution < 1.29 is 47.4 Å². The zero-order chi connectivity index (χ0) is 32.8. The van der Waals surface area contributed by atoms with E-state index in [4.69, 9.17) is 23.6 Å². The number of nitriles is 1. The van der Waals surface area contributed by atoms with E-state index in [1.54, 1.807) is 29.2 Å². The van der Waals surface area contributed by atoms with Crippen LogP contribution in [0.1, 0.15) is 72.1 Å². The number of imide groups is 1. The molecule has 1 fully saturated rings. The number of ether oxygens (including phenoxy) is 1. The van der Waals surface area contributed by atoms with Crippen LogP contribution in [0.3, 0.4) is 0 Å². The van der Waals surface area contributed by atoms with Gasteiger partial charge in [-0.2, -0.15) is 5.26 Å². The molecule has 0 saturated carbocycles. The summed E-state index contributed by atoms with van der Waals surface area (Å²) in [6.07, 6.45) is 5.33. The average molecular weight is 649 g/mol. The molecule has 3 atom stereocenters. The number of likely N-dealkylation sites (tertiary alicyclic amines) is 1. The Balaban J connectivity index is 1.56. The first-order chi connectivity index (χ1) is 21.6. The number of aliphatic hydroxyl groups excluding tert-OH is 1. The molecule has 246 valence electrons. The number of nitrogens with zero attached hydrogens (tertiary/aromatic N) is 3. The van der Waals surface area contributed by atoms with Crippen LogP contribution in [0.2, 0.25) is 0 Å². The van der Waals surface area contributed by atoms with Crippen LogP contribution in [0.25, 0.3) is 0 Å². The third kappa shape index (κ3) is 10.5. The van der Waals surface area contributed by atoms with Crippen LogP contribution >= 0.6 is 7.57 Å². The van der Waals surface area contributed by atoms with E-state index in [0.29, 0.717) is 30.4 Å². The van der Waals surface area contributed by atoms with Gasteiger partial charge in [0.2, 0.25) is 11.8 Å². The highest BCUT2D eigenvalue weighted by Gasteiger charge is 2.38. The predicted molar refractivity (Wildman–Crippen MR) is 163 cm³/mol. The number of hydrogen-bond donors (Lipinski definition) is 2. The molecule has 1 aromatic carbocycles. The first-order valence-electron chi connectivity index (χ1n) is 14.9. The van der Waals surface area contributed by atoms with E-state index in [9.17, 15) is 29.1 Å². The van der Waals surface area contributed by atoms with Gasteiger partial charge in [0.15, 0.2) is 0 Å². The van der Waals surface area contributed by atoms with Crippen LogP contribution in [0, 0.1) is 11.3 Å². The number of unbranched alkanes of at least 4 members (excludes halogenated alkanes) is 2. The fourth-order valence-corrected chi connectivity index (χ4v) is 6.39. The van der Waals surface area contributed by atoms with E-state index in [1.165, 1.54) is 11.9 Å². The lowest BCUT2D eigenvalue weighted by Gasteiger charge is -2.28. The van der Waals surface area contributed by atoms with Crippen molar-refractivity contribution in [1.29, 1.82) is 5.26 Å². The molecule has 45 heavy (non-hydrogen) atoms. The van der Waals surface area contributed by atoms with E-state index in [2.05, 4.69) is 11.6 Å². The van der Waals surface area contributed by atoms with Gasteiger partial charge in [0, 0.05) is 32.9 Å². The summed E-state index contributed by atoms with van der Waals surface area (Å²) in [5, 5.41) is 20.5. The lowest BCUT2D eigenvalue weighted by molar-refractivity contribution is -0.150. The Kier molecular flexibility index (Phi) is 14.2. The van der Waals surface area contributed by atoms with Crippen molar-refractivity contribution in [1.82, 2.24) is 15.1 Å². The summed E-state index contributed by atoms with van der Waals surface area (Å²) < 4.78 is 22.6. The summed E-state index contributed by atoms with van der Waals surface area (Å²) in [7, 11) is -1.71. The molecule has 0 spiro atoms. The van der Waals surface area contributed by atoms with Crippen molar-refractivity contribution in [2.75, 3.05) is 46.6 Å². The fraction of sp³-hybridized carbons (Fsp3) is 0.567. The minimum atomic E-state index is -3.18. The van der Waals surface area contributed by atoms with Crippen molar-refractivity contribution in [3.8, 4) is 6.07 Å². The molecule has 0 aromatic heterocycles. The zero-order valence-corrected chi connectivity index (χ0v) is 26.4.